The lowest BCUT2D eigenvalue weighted by Crippen LogP contribution is -2.22. The number of rotatable bonds is 4. The zero-order valence-corrected chi connectivity index (χ0v) is 12.4. The predicted molar refractivity (Wildman–Crippen MR) is 83.4 cm³/mol. The van der Waals surface area contributed by atoms with Crippen molar-refractivity contribution in [3.8, 4) is 11.5 Å². The first-order valence-corrected chi connectivity index (χ1v) is 6.97. The van der Waals surface area contributed by atoms with Crippen LogP contribution in [-0.4, -0.2) is 14.5 Å². The lowest BCUT2D eigenvalue weighted by molar-refractivity contribution is -0.386. The SMILES string of the molecule is O=c1c([N+](=O)[O-])cccn1Cc1coc(-c2ccccc2Cl)n1. The highest BCUT2D eigenvalue weighted by Gasteiger charge is 2.15. The summed E-state index contributed by atoms with van der Waals surface area (Å²) in [6.45, 7) is 0.0640. The molecule has 3 aromatic rings. The smallest absolute Gasteiger partial charge is 0.334 e. The Morgan fingerprint density at radius 1 is 1.26 bits per heavy atom. The highest BCUT2D eigenvalue weighted by molar-refractivity contribution is 6.33. The first-order valence-electron chi connectivity index (χ1n) is 6.59. The molecule has 0 amide bonds. The molecule has 2 heterocycles. The van der Waals surface area contributed by atoms with Gasteiger partial charge in [-0.25, -0.2) is 4.98 Å². The van der Waals surface area contributed by atoms with E-state index in [0.29, 0.717) is 22.2 Å². The van der Waals surface area contributed by atoms with E-state index in [1.54, 1.807) is 24.3 Å². The fourth-order valence-corrected chi connectivity index (χ4v) is 2.32. The molecule has 1 aromatic carbocycles. The van der Waals surface area contributed by atoms with Crippen LogP contribution in [0.25, 0.3) is 11.5 Å². The second kappa shape index (κ2) is 6.05. The highest BCUT2D eigenvalue weighted by Crippen LogP contribution is 2.26. The summed E-state index contributed by atoms with van der Waals surface area (Å²) in [4.78, 5) is 26.3. The minimum atomic E-state index is -0.712. The number of pyridine rings is 1. The highest BCUT2D eigenvalue weighted by atomic mass is 35.5. The summed E-state index contributed by atoms with van der Waals surface area (Å²) in [5.74, 6) is 0.323. The standard InChI is InChI=1S/C15H10ClN3O4/c16-12-5-2-1-4-11(12)14-17-10(9-23-14)8-18-7-3-6-13(15(18)20)19(21)22/h1-7,9H,8H2. The van der Waals surface area contributed by atoms with Crippen LogP contribution in [0.5, 0.6) is 0 Å². The summed E-state index contributed by atoms with van der Waals surface area (Å²) in [6.07, 6.45) is 2.85. The average molecular weight is 332 g/mol. The molecule has 0 bridgehead atoms. The van der Waals surface area contributed by atoms with Gasteiger partial charge in [-0.3, -0.25) is 14.9 Å². The minimum absolute atomic E-state index is 0.0640. The number of nitrogens with zero attached hydrogens (tertiary/aromatic N) is 3. The summed E-state index contributed by atoms with van der Waals surface area (Å²) < 4.78 is 6.58. The molecule has 0 fully saturated rings. The average Bonchev–Trinajstić information content (AvgIpc) is 2.98. The van der Waals surface area contributed by atoms with Crippen molar-refractivity contribution in [3.05, 3.63) is 80.0 Å². The molecular weight excluding hydrogens is 322 g/mol. The second-order valence-electron chi connectivity index (χ2n) is 4.71. The van der Waals surface area contributed by atoms with E-state index >= 15 is 0 Å². The Labute approximate surface area is 134 Å². The van der Waals surface area contributed by atoms with Crippen molar-refractivity contribution < 1.29 is 9.34 Å². The van der Waals surface area contributed by atoms with Crippen molar-refractivity contribution in [1.29, 1.82) is 0 Å². The van der Waals surface area contributed by atoms with E-state index in [9.17, 15) is 14.9 Å². The van der Waals surface area contributed by atoms with Crippen LogP contribution >= 0.6 is 11.6 Å². The fourth-order valence-electron chi connectivity index (χ4n) is 2.10. The Morgan fingerprint density at radius 3 is 2.78 bits per heavy atom. The quantitative estimate of drug-likeness (QED) is 0.541. The van der Waals surface area contributed by atoms with Gasteiger partial charge in [0.05, 0.1) is 27.7 Å². The van der Waals surface area contributed by atoms with Gasteiger partial charge in [-0.1, -0.05) is 23.7 Å². The third-order valence-electron chi connectivity index (χ3n) is 3.19. The van der Waals surface area contributed by atoms with Gasteiger partial charge < -0.3 is 8.98 Å². The molecule has 0 saturated heterocycles. The van der Waals surface area contributed by atoms with Crippen LogP contribution in [0.1, 0.15) is 5.69 Å². The van der Waals surface area contributed by atoms with E-state index in [0.717, 1.165) is 6.07 Å². The summed E-state index contributed by atoms with van der Waals surface area (Å²) in [5.41, 5.74) is -0.0866. The number of hydrogen-bond donors (Lipinski definition) is 0. The molecule has 0 N–H and O–H groups in total. The van der Waals surface area contributed by atoms with E-state index in [-0.39, 0.29) is 6.54 Å². The number of oxazole rings is 1. The van der Waals surface area contributed by atoms with Crippen LogP contribution in [-0.2, 0) is 6.54 Å². The molecule has 0 aliphatic carbocycles. The van der Waals surface area contributed by atoms with Crippen molar-refractivity contribution >= 4 is 17.3 Å². The summed E-state index contributed by atoms with van der Waals surface area (Å²) in [7, 11) is 0. The number of benzene rings is 1. The Bertz CT molecular complexity index is 932. The second-order valence-corrected chi connectivity index (χ2v) is 5.11. The molecular formula is C15H10ClN3O4. The number of hydrogen-bond acceptors (Lipinski definition) is 5. The van der Waals surface area contributed by atoms with Crippen LogP contribution in [0.15, 0.2) is 58.1 Å². The van der Waals surface area contributed by atoms with Gasteiger partial charge in [-0.05, 0) is 18.2 Å². The predicted octanol–water partition coefficient (Wildman–Crippen LogP) is 3.11. The molecule has 0 spiro atoms. The van der Waals surface area contributed by atoms with Crippen LogP contribution in [0.3, 0.4) is 0 Å². The topological polar surface area (TPSA) is 91.2 Å². The normalized spacial score (nSPS) is 10.7. The van der Waals surface area contributed by atoms with Crippen LogP contribution < -0.4 is 5.56 Å². The first kappa shape index (κ1) is 15.0. The van der Waals surface area contributed by atoms with Gasteiger partial charge in [0.2, 0.25) is 5.89 Å². The summed E-state index contributed by atoms with van der Waals surface area (Å²) in [6, 6.07) is 9.67. The Balaban J connectivity index is 1.91. The van der Waals surface area contributed by atoms with E-state index in [1.807, 2.05) is 0 Å². The van der Waals surface area contributed by atoms with E-state index in [2.05, 4.69) is 4.98 Å². The van der Waals surface area contributed by atoms with Gasteiger partial charge in [0, 0.05) is 12.3 Å². The molecule has 0 saturated carbocycles. The molecule has 116 valence electrons. The van der Waals surface area contributed by atoms with Crippen molar-refractivity contribution in [2.24, 2.45) is 0 Å². The molecule has 23 heavy (non-hydrogen) atoms. The van der Waals surface area contributed by atoms with Crippen molar-refractivity contribution in [2.75, 3.05) is 0 Å². The molecule has 0 unspecified atom stereocenters. The number of nitro groups is 1. The number of aromatic nitrogens is 2. The molecule has 3 rings (SSSR count). The van der Waals surface area contributed by atoms with E-state index in [4.69, 9.17) is 16.0 Å². The van der Waals surface area contributed by atoms with Crippen LogP contribution in [0, 0.1) is 10.1 Å². The Hall–Kier alpha value is -2.93. The van der Waals surface area contributed by atoms with Gasteiger partial charge >= 0.3 is 11.2 Å². The van der Waals surface area contributed by atoms with E-state index in [1.165, 1.54) is 23.1 Å². The molecule has 0 radical (unpaired) electrons. The maximum absolute atomic E-state index is 12.0. The monoisotopic (exact) mass is 331 g/mol. The molecule has 0 aliphatic heterocycles. The first-order chi connectivity index (χ1) is 11.1. The molecule has 2 aromatic heterocycles. The van der Waals surface area contributed by atoms with Crippen LogP contribution in [0.2, 0.25) is 5.02 Å². The van der Waals surface area contributed by atoms with Gasteiger partial charge in [0.1, 0.15) is 6.26 Å². The van der Waals surface area contributed by atoms with Crippen molar-refractivity contribution in [3.63, 3.8) is 0 Å². The lowest BCUT2D eigenvalue weighted by atomic mass is 10.2. The Kier molecular flexibility index (Phi) is 3.94. The minimum Gasteiger partial charge on any atom is -0.444 e. The molecule has 8 heteroatoms. The largest absolute Gasteiger partial charge is 0.444 e. The van der Waals surface area contributed by atoms with Gasteiger partial charge in [0.25, 0.3) is 0 Å². The Morgan fingerprint density at radius 2 is 2.04 bits per heavy atom. The molecule has 0 atom stereocenters. The van der Waals surface area contributed by atoms with Gasteiger partial charge in [0.15, 0.2) is 0 Å². The van der Waals surface area contributed by atoms with Gasteiger partial charge in [-0.15, -0.1) is 0 Å². The third kappa shape index (κ3) is 3.00. The fraction of sp³-hybridized carbons (Fsp3) is 0.0667. The zero-order chi connectivity index (χ0) is 16.4. The molecule has 0 aliphatic rings. The number of halogens is 1. The van der Waals surface area contributed by atoms with Crippen LogP contribution in [0.4, 0.5) is 5.69 Å². The maximum Gasteiger partial charge on any atom is 0.334 e. The summed E-state index contributed by atoms with van der Waals surface area (Å²) >= 11 is 6.08. The maximum atomic E-state index is 12.0. The van der Waals surface area contributed by atoms with Crippen molar-refractivity contribution in [1.82, 2.24) is 9.55 Å². The zero-order valence-electron chi connectivity index (χ0n) is 11.7. The van der Waals surface area contributed by atoms with E-state index < -0.39 is 16.2 Å². The van der Waals surface area contributed by atoms with Gasteiger partial charge in [-0.2, -0.15) is 0 Å². The van der Waals surface area contributed by atoms with Crippen molar-refractivity contribution in [2.45, 2.75) is 6.54 Å². The third-order valence-corrected chi connectivity index (χ3v) is 3.51. The molecule has 7 nitrogen and oxygen atoms in total. The summed E-state index contributed by atoms with van der Waals surface area (Å²) in [5, 5.41) is 11.3. The lowest BCUT2D eigenvalue weighted by Gasteiger charge is -2.01.